The zero-order valence-corrected chi connectivity index (χ0v) is 17.6. The molecule has 32 heavy (non-hydrogen) atoms. The van der Waals surface area contributed by atoms with Gasteiger partial charge in [-0.25, -0.2) is 9.07 Å². The maximum absolute atomic E-state index is 13.4. The van der Waals surface area contributed by atoms with Crippen molar-refractivity contribution in [2.75, 3.05) is 14.2 Å². The zero-order valence-electron chi connectivity index (χ0n) is 17.6. The number of benzene rings is 2. The second-order valence-electron chi connectivity index (χ2n) is 6.91. The highest BCUT2D eigenvalue weighted by molar-refractivity contribution is 5.93. The summed E-state index contributed by atoms with van der Waals surface area (Å²) in [6.07, 6.45) is 3.34. The van der Waals surface area contributed by atoms with Gasteiger partial charge < -0.3 is 14.8 Å². The molecule has 0 aliphatic carbocycles. The second kappa shape index (κ2) is 9.30. The number of nitrogens with one attached hydrogen (secondary N) is 1. The highest BCUT2D eigenvalue weighted by Crippen LogP contribution is 2.25. The van der Waals surface area contributed by atoms with Gasteiger partial charge in [-0.15, -0.1) is 0 Å². The maximum Gasteiger partial charge on any atom is 0.272 e. The number of methoxy groups -OCH3 is 2. The number of hydrogen-bond donors (Lipinski definition) is 1. The Morgan fingerprint density at radius 2 is 1.88 bits per heavy atom. The van der Waals surface area contributed by atoms with Crippen molar-refractivity contribution < 1.29 is 18.7 Å². The van der Waals surface area contributed by atoms with E-state index >= 15 is 0 Å². The number of aromatic nitrogens is 3. The van der Waals surface area contributed by atoms with Crippen LogP contribution in [-0.4, -0.2) is 34.9 Å². The molecular formula is C24H21FN4O3. The van der Waals surface area contributed by atoms with Crippen LogP contribution in [0.15, 0.2) is 73.1 Å². The molecule has 7 nitrogen and oxygen atoms in total. The molecular weight excluding hydrogens is 411 g/mol. The van der Waals surface area contributed by atoms with Gasteiger partial charge in [0.1, 0.15) is 17.3 Å². The Balaban J connectivity index is 1.64. The lowest BCUT2D eigenvalue weighted by atomic mass is 10.1. The van der Waals surface area contributed by atoms with Gasteiger partial charge in [0.2, 0.25) is 0 Å². The Morgan fingerprint density at radius 1 is 1.06 bits per heavy atom. The first-order chi connectivity index (χ1) is 15.6. The van der Waals surface area contributed by atoms with Gasteiger partial charge in [0.15, 0.2) is 5.69 Å². The highest BCUT2D eigenvalue weighted by Gasteiger charge is 2.17. The van der Waals surface area contributed by atoms with Crippen molar-refractivity contribution in [2.45, 2.75) is 6.54 Å². The van der Waals surface area contributed by atoms with Gasteiger partial charge >= 0.3 is 0 Å². The summed E-state index contributed by atoms with van der Waals surface area (Å²) >= 11 is 0. The third kappa shape index (κ3) is 4.44. The van der Waals surface area contributed by atoms with E-state index in [1.165, 1.54) is 12.1 Å². The van der Waals surface area contributed by atoms with E-state index in [0.717, 1.165) is 11.1 Å². The molecule has 0 aliphatic heterocycles. The highest BCUT2D eigenvalue weighted by atomic mass is 19.1. The predicted octanol–water partition coefficient (Wildman–Crippen LogP) is 4.02. The van der Waals surface area contributed by atoms with Gasteiger partial charge in [-0.1, -0.05) is 0 Å². The summed E-state index contributed by atoms with van der Waals surface area (Å²) in [5, 5.41) is 7.34. The number of carbonyl (C=O) groups is 1. The molecule has 0 spiro atoms. The van der Waals surface area contributed by atoms with E-state index in [9.17, 15) is 9.18 Å². The molecule has 8 heteroatoms. The third-order valence-electron chi connectivity index (χ3n) is 4.90. The number of pyridine rings is 1. The molecule has 1 amide bonds. The number of hydrogen-bond acceptors (Lipinski definition) is 5. The first-order valence-corrected chi connectivity index (χ1v) is 9.84. The second-order valence-corrected chi connectivity index (χ2v) is 6.91. The van der Waals surface area contributed by atoms with Crippen molar-refractivity contribution in [1.82, 2.24) is 20.1 Å². The molecule has 0 radical (unpaired) electrons. The van der Waals surface area contributed by atoms with Crippen LogP contribution in [0.3, 0.4) is 0 Å². The molecule has 0 bridgehead atoms. The largest absolute Gasteiger partial charge is 0.497 e. The minimum atomic E-state index is -0.360. The van der Waals surface area contributed by atoms with Gasteiger partial charge in [0.25, 0.3) is 5.91 Å². The fraction of sp³-hybridized carbons (Fsp3) is 0.125. The molecule has 1 N–H and O–H groups in total. The molecule has 2 heterocycles. The van der Waals surface area contributed by atoms with Crippen LogP contribution in [0.1, 0.15) is 16.1 Å². The fourth-order valence-electron chi connectivity index (χ4n) is 3.28. The molecule has 2 aromatic carbocycles. The number of amides is 1. The number of halogens is 1. The standard InChI is InChI=1S/C24H21FN4O3/c1-31-20-9-10-23(32-2)17(12-20)15-27-24(30)21-13-22(16-4-3-11-26-14-16)29(28-21)19-7-5-18(25)6-8-19/h3-14H,15H2,1-2H3,(H,27,30). The van der Waals surface area contributed by atoms with Crippen LogP contribution in [0.4, 0.5) is 4.39 Å². The van der Waals surface area contributed by atoms with Crippen molar-refractivity contribution in [2.24, 2.45) is 0 Å². The van der Waals surface area contributed by atoms with Crippen LogP contribution in [0, 0.1) is 5.82 Å². The quantitative estimate of drug-likeness (QED) is 0.477. The summed E-state index contributed by atoms with van der Waals surface area (Å²) in [4.78, 5) is 17.1. The topological polar surface area (TPSA) is 78.3 Å². The minimum absolute atomic E-state index is 0.218. The normalized spacial score (nSPS) is 10.6. The van der Waals surface area contributed by atoms with Crippen LogP contribution in [-0.2, 0) is 6.54 Å². The predicted molar refractivity (Wildman–Crippen MR) is 117 cm³/mol. The lowest BCUT2D eigenvalue weighted by Crippen LogP contribution is -2.23. The number of rotatable bonds is 7. The molecule has 0 saturated heterocycles. The van der Waals surface area contributed by atoms with E-state index in [2.05, 4.69) is 15.4 Å². The lowest BCUT2D eigenvalue weighted by Gasteiger charge is -2.11. The lowest BCUT2D eigenvalue weighted by molar-refractivity contribution is 0.0945. The molecule has 2 aromatic heterocycles. The average Bonchev–Trinajstić information content (AvgIpc) is 3.29. The molecule has 162 valence electrons. The van der Waals surface area contributed by atoms with Crippen LogP contribution in [0.5, 0.6) is 11.5 Å². The van der Waals surface area contributed by atoms with Crippen LogP contribution in [0.25, 0.3) is 16.9 Å². The van der Waals surface area contributed by atoms with Crippen molar-refractivity contribution in [1.29, 1.82) is 0 Å². The summed E-state index contributed by atoms with van der Waals surface area (Å²) in [5.41, 5.74) is 3.05. The van der Waals surface area contributed by atoms with Gasteiger partial charge in [0, 0.05) is 30.1 Å². The zero-order chi connectivity index (χ0) is 22.5. The van der Waals surface area contributed by atoms with Crippen molar-refractivity contribution in [3.8, 4) is 28.4 Å². The SMILES string of the molecule is COc1ccc(OC)c(CNC(=O)c2cc(-c3cccnc3)n(-c3ccc(F)cc3)n2)c1. The first kappa shape index (κ1) is 21.0. The monoisotopic (exact) mass is 432 g/mol. The fourth-order valence-corrected chi connectivity index (χ4v) is 3.28. The Bertz CT molecular complexity index is 1220. The van der Waals surface area contributed by atoms with Crippen LogP contribution in [0.2, 0.25) is 0 Å². The van der Waals surface area contributed by atoms with Gasteiger partial charge in [-0.05, 0) is 60.7 Å². The summed E-state index contributed by atoms with van der Waals surface area (Å²) in [7, 11) is 3.14. The van der Waals surface area contributed by atoms with Crippen LogP contribution < -0.4 is 14.8 Å². The van der Waals surface area contributed by atoms with E-state index < -0.39 is 0 Å². The molecule has 0 saturated carbocycles. The van der Waals surface area contributed by atoms with E-state index in [4.69, 9.17) is 9.47 Å². The first-order valence-electron chi connectivity index (χ1n) is 9.84. The smallest absolute Gasteiger partial charge is 0.272 e. The molecule has 0 atom stereocenters. The van der Waals surface area contributed by atoms with Crippen molar-refractivity contribution in [3.05, 3.63) is 90.1 Å². The molecule has 4 aromatic rings. The average molecular weight is 432 g/mol. The number of nitrogens with zero attached hydrogens (tertiary/aromatic N) is 3. The van der Waals surface area contributed by atoms with E-state index in [0.29, 0.717) is 22.9 Å². The van der Waals surface area contributed by atoms with E-state index in [-0.39, 0.29) is 24.0 Å². The third-order valence-corrected chi connectivity index (χ3v) is 4.90. The van der Waals surface area contributed by atoms with Gasteiger partial charge in [-0.2, -0.15) is 5.10 Å². The summed E-state index contributed by atoms with van der Waals surface area (Å²) in [6, 6.07) is 16.6. The number of ether oxygens (including phenoxy) is 2. The molecule has 4 rings (SSSR count). The number of carbonyl (C=O) groups excluding carboxylic acids is 1. The van der Waals surface area contributed by atoms with Crippen molar-refractivity contribution >= 4 is 5.91 Å². The van der Waals surface area contributed by atoms with E-state index in [1.807, 2.05) is 6.07 Å². The maximum atomic E-state index is 13.4. The summed E-state index contributed by atoms with van der Waals surface area (Å²) < 4.78 is 25.6. The molecule has 0 fully saturated rings. The summed E-state index contributed by atoms with van der Waals surface area (Å²) in [6.45, 7) is 0.227. The molecule has 0 aliphatic rings. The Hall–Kier alpha value is -4.20. The Kier molecular flexibility index (Phi) is 6.12. The molecule has 0 unspecified atom stereocenters. The Morgan fingerprint density at radius 3 is 2.56 bits per heavy atom. The van der Waals surface area contributed by atoms with Crippen molar-refractivity contribution in [3.63, 3.8) is 0 Å². The van der Waals surface area contributed by atoms with Gasteiger partial charge in [0.05, 0.1) is 25.6 Å². The Labute approximate surface area is 184 Å². The van der Waals surface area contributed by atoms with Crippen LogP contribution >= 0.6 is 0 Å². The minimum Gasteiger partial charge on any atom is -0.497 e. The van der Waals surface area contributed by atoms with Gasteiger partial charge in [-0.3, -0.25) is 9.78 Å². The van der Waals surface area contributed by atoms with E-state index in [1.54, 1.807) is 73.8 Å². The summed E-state index contributed by atoms with van der Waals surface area (Å²) in [5.74, 6) is 0.586.